The van der Waals surface area contributed by atoms with Crippen molar-refractivity contribution in [2.24, 2.45) is 0 Å². The molecule has 0 aliphatic rings. The highest BCUT2D eigenvalue weighted by molar-refractivity contribution is 5.78. The van der Waals surface area contributed by atoms with Gasteiger partial charge in [-0.05, 0) is 51.5 Å². The number of ether oxygens (including phenoxy) is 1. The van der Waals surface area contributed by atoms with Crippen LogP contribution in [0.2, 0.25) is 0 Å². The van der Waals surface area contributed by atoms with Gasteiger partial charge < -0.3 is 15.4 Å². The smallest absolute Gasteiger partial charge is 0.258 e. The van der Waals surface area contributed by atoms with E-state index in [4.69, 9.17) is 4.74 Å². The molecule has 0 aliphatic heterocycles. The van der Waals surface area contributed by atoms with Crippen molar-refractivity contribution in [2.45, 2.75) is 46.2 Å². The van der Waals surface area contributed by atoms with E-state index in [2.05, 4.69) is 17.6 Å². The maximum absolute atomic E-state index is 11.6. The van der Waals surface area contributed by atoms with E-state index in [9.17, 15) is 4.79 Å². The molecule has 0 unspecified atom stereocenters. The van der Waals surface area contributed by atoms with E-state index in [0.717, 1.165) is 18.8 Å². The molecule has 4 heteroatoms. The maximum atomic E-state index is 11.6. The van der Waals surface area contributed by atoms with Gasteiger partial charge in [-0.15, -0.1) is 0 Å². The van der Waals surface area contributed by atoms with E-state index in [0.29, 0.717) is 0 Å². The van der Waals surface area contributed by atoms with Gasteiger partial charge in [0.05, 0.1) is 6.54 Å². The zero-order chi connectivity index (χ0) is 15.0. The minimum Gasteiger partial charge on any atom is -0.484 e. The van der Waals surface area contributed by atoms with Crippen molar-refractivity contribution >= 4 is 5.91 Å². The molecule has 1 aromatic rings. The Morgan fingerprint density at radius 3 is 2.45 bits per heavy atom. The Morgan fingerprint density at radius 2 is 1.90 bits per heavy atom. The van der Waals surface area contributed by atoms with E-state index in [1.165, 1.54) is 12.0 Å². The van der Waals surface area contributed by atoms with Gasteiger partial charge in [0.1, 0.15) is 12.3 Å². The Hall–Kier alpha value is -1.55. The van der Waals surface area contributed by atoms with Crippen LogP contribution in [0.25, 0.3) is 0 Å². The Labute approximate surface area is 121 Å². The van der Waals surface area contributed by atoms with Crippen LogP contribution in [0, 0.1) is 0 Å². The Kier molecular flexibility index (Phi) is 6.52. The molecule has 0 radical (unpaired) electrons. The fourth-order valence-electron chi connectivity index (χ4n) is 1.80. The minimum absolute atomic E-state index is 0.0541. The van der Waals surface area contributed by atoms with Crippen LogP contribution in [0.5, 0.6) is 5.75 Å². The molecule has 0 atom stereocenters. The molecular weight excluding hydrogens is 252 g/mol. The van der Waals surface area contributed by atoms with Crippen molar-refractivity contribution in [1.29, 1.82) is 0 Å². The number of rotatable bonds is 7. The van der Waals surface area contributed by atoms with Crippen molar-refractivity contribution in [3.05, 3.63) is 29.8 Å². The highest BCUT2D eigenvalue weighted by atomic mass is 16.5. The molecular formula is C16H27N2O2+. The van der Waals surface area contributed by atoms with Crippen LogP contribution in [0.15, 0.2) is 24.3 Å². The number of hydrogen-bond donors (Lipinski definition) is 2. The summed E-state index contributed by atoms with van der Waals surface area (Å²) in [5.74, 6) is 0.631. The van der Waals surface area contributed by atoms with E-state index in [-0.39, 0.29) is 18.1 Å². The molecule has 0 spiro atoms. The van der Waals surface area contributed by atoms with Gasteiger partial charge in [-0.3, -0.25) is 4.79 Å². The SMILES string of the molecule is CCC[NH2+]Cc1ccc(OCC(=O)NC(C)(C)C)cc1. The summed E-state index contributed by atoms with van der Waals surface area (Å²) < 4.78 is 5.47. The lowest BCUT2D eigenvalue weighted by Gasteiger charge is -2.20. The zero-order valence-corrected chi connectivity index (χ0v) is 13.0. The molecule has 0 heterocycles. The quantitative estimate of drug-likeness (QED) is 0.742. The van der Waals surface area contributed by atoms with E-state index < -0.39 is 0 Å². The molecule has 0 saturated heterocycles. The predicted molar refractivity (Wildman–Crippen MR) is 80.6 cm³/mol. The van der Waals surface area contributed by atoms with Gasteiger partial charge in [-0.25, -0.2) is 0 Å². The molecule has 112 valence electrons. The van der Waals surface area contributed by atoms with Gasteiger partial charge in [0, 0.05) is 11.1 Å². The first-order chi connectivity index (χ1) is 9.40. The molecule has 0 aromatic heterocycles. The van der Waals surface area contributed by atoms with Crippen molar-refractivity contribution in [1.82, 2.24) is 5.32 Å². The van der Waals surface area contributed by atoms with Crippen molar-refractivity contribution in [3.63, 3.8) is 0 Å². The van der Waals surface area contributed by atoms with Crippen LogP contribution >= 0.6 is 0 Å². The Bertz CT molecular complexity index is 407. The molecule has 3 N–H and O–H groups in total. The number of benzene rings is 1. The van der Waals surface area contributed by atoms with Crippen LogP contribution in [0.3, 0.4) is 0 Å². The first kappa shape index (κ1) is 16.5. The normalized spacial score (nSPS) is 11.2. The molecule has 0 aliphatic carbocycles. The second-order valence-corrected chi connectivity index (χ2v) is 6.01. The summed E-state index contributed by atoms with van der Waals surface area (Å²) in [7, 11) is 0. The second kappa shape index (κ2) is 7.90. The van der Waals surface area contributed by atoms with Crippen LogP contribution < -0.4 is 15.4 Å². The number of carbonyl (C=O) groups excluding carboxylic acids is 1. The van der Waals surface area contributed by atoms with Crippen LogP contribution in [-0.2, 0) is 11.3 Å². The van der Waals surface area contributed by atoms with E-state index in [1.807, 2.05) is 45.0 Å². The lowest BCUT2D eigenvalue weighted by atomic mass is 10.1. The molecule has 4 nitrogen and oxygen atoms in total. The maximum Gasteiger partial charge on any atom is 0.258 e. The summed E-state index contributed by atoms with van der Waals surface area (Å²) in [6, 6.07) is 7.92. The fraction of sp³-hybridized carbons (Fsp3) is 0.562. The minimum atomic E-state index is -0.223. The molecule has 1 rings (SSSR count). The first-order valence-corrected chi connectivity index (χ1v) is 7.25. The summed E-state index contributed by atoms with van der Waals surface area (Å²) in [6.07, 6.45) is 1.18. The molecule has 0 saturated carbocycles. The molecule has 1 amide bonds. The fourth-order valence-corrected chi connectivity index (χ4v) is 1.80. The van der Waals surface area contributed by atoms with Gasteiger partial charge in [0.25, 0.3) is 5.91 Å². The average molecular weight is 279 g/mol. The van der Waals surface area contributed by atoms with Gasteiger partial charge in [-0.1, -0.05) is 6.92 Å². The number of hydrogen-bond acceptors (Lipinski definition) is 2. The molecule has 1 aromatic carbocycles. The lowest BCUT2D eigenvalue weighted by molar-refractivity contribution is -0.670. The second-order valence-electron chi connectivity index (χ2n) is 6.01. The summed E-state index contributed by atoms with van der Waals surface area (Å²) in [6.45, 7) is 10.2. The largest absolute Gasteiger partial charge is 0.484 e. The van der Waals surface area contributed by atoms with E-state index in [1.54, 1.807) is 0 Å². The first-order valence-electron chi connectivity index (χ1n) is 7.25. The van der Waals surface area contributed by atoms with Crippen molar-refractivity contribution in [3.8, 4) is 5.75 Å². The van der Waals surface area contributed by atoms with Crippen molar-refractivity contribution in [2.75, 3.05) is 13.2 Å². The standard InChI is InChI=1S/C16H26N2O2/c1-5-10-17-11-13-6-8-14(9-7-13)20-12-15(19)18-16(2,3)4/h6-9,17H,5,10-12H2,1-4H3,(H,18,19)/p+1. The van der Waals surface area contributed by atoms with Gasteiger partial charge in [0.15, 0.2) is 6.61 Å². The molecule has 20 heavy (non-hydrogen) atoms. The Morgan fingerprint density at radius 1 is 1.25 bits per heavy atom. The third-order valence-electron chi connectivity index (χ3n) is 2.68. The predicted octanol–water partition coefficient (Wildman–Crippen LogP) is 1.45. The summed E-state index contributed by atoms with van der Waals surface area (Å²) in [4.78, 5) is 11.6. The Balaban J connectivity index is 2.36. The highest BCUT2D eigenvalue weighted by Crippen LogP contribution is 2.11. The number of nitrogens with one attached hydrogen (secondary N) is 1. The van der Waals surface area contributed by atoms with Crippen LogP contribution in [0.4, 0.5) is 0 Å². The lowest BCUT2D eigenvalue weighted by Crippen LogP contribution is -2.82. The van der Waals surface area contributed by atoms with Crippen molar-refractivity contribution < 1.29 is 14.8 Å². The molecule has 0 bridgehead atoms. The highest BCUT2D eigenvalue weighted by Gasteiger charge is 2.13. The molecule has 0 fully saturated rings. The monoisotopic (exact) mass is 279 g/mol. The average Bonchev–Trinajstić information content (AvgIpc) is 2.36. The van der Waals surface area contributed by atoms with Crippen LogP contribution in [0.1, 0.15) is 39.7 Å². The van der Waals surface area contributed by atoms with E-state index >= 15 is 0 Å². The number of nitrogens with two attached hydrogens (primary N) is 1. The number of quaternary nitrogens is 1. The number of amides is 1. The zero-order valence-electron chi connectivity index (χ0n) is 13.0. The number of carbonyl (C=O) groups is 1. The summed E-state index contributed by atoms with van der Waals surface area (Å²) >= 11 is 0. The van der Waals surface area contributed by atoms with Gasteiger partial charge in [-0.2, -0.15) is 0 Å². The summed E-state index contributed by atoms with van der Waals surface area (Å²) in [5, 5.41) is 5.15. The van der Waals surface area contributed by atoms with Crippen LogP contribution in [-0.4, -0.2) is 24.6 Å². The topological polar surface area (TPSA) is 54.9 Å². The van der Waals surface area contributed by atoms with Gasteiger partial charge >= 0.3 is 0 Å². The van der Waals surface area contributed by atoms with Gasteiger partial charge in [0.2, 0.25) is 0 Å². The third kappa shape index (κ3) is 7.14. The third-order valence-corrected chi connectivity index (χ3v) is 2.68. The summed E-state index contributed by atoms with van der Waals surface area (Å²) in [5.41, 5.74) is 1.05.